The Labute approximate surface area is 166 Å². The second-order valence-electron chi connectivity index (χ2n) is 6.70. The van der Waals surface area contributed by atoms with Crippen molar-refractivity contribution in [2.45, 2.75) is 12.3 Å². The zero-order valence-electron chi connectivity index (χ0n) is 15.0. The molecule has 0 aliphatic carbocycles. The summed E-state index contributed by atoms with van der Waals surface area (Å²) in [5.41, 5.74) is 2.10. The van der Waals surface area contributed by atoms with E-state index in [0.29, 0.717) is 18.9 Å². The minimum absolute atomic E-state index is 0.0435. The number of nitrogens with one attached hydrogen (secondary N) is 1. The van der Waals surface area contributed by atoms with Crippen LogP contribution in [-0.2, 0) is 4.79 Å². The molecular formula is C21H18ClFN4O. The van der Waals surface area contributed by atoms with Crippen molar-refractivity contribution in [1.29, 1.82) is 0 Å². The van der Waals surface area contributed by atoms with Crippen LogP contribution in [-0.4, -0.2) is 33.9 Å². The molecule has 2 aromatic carbocycles. The van der Waals surface area contributed by atoms with Gasteiger partial charge in [-0.15, -0.1) is 0 Å². The minimum atomic E-state index is -0.526. The van der Waals surface area contributed by atoms with E-state index in [1.54, 1.807) is 17.0 Å². The standard InChI is InChI=1S/C21H18ClFN4O/c1-2-19(28)27-9-8-14(11-27)13-6-7-17-15(10-13)21(25-12-24-17)26-18-5-3-4-16(22)20(18)23/h2-7,10,12,14H,1,8-9,11H2,(H,24,25,26)/t14-/m0/s1. The zero-order chi connectivity index (χ0) is 19.7. The highest BCUT2D eigenvalue weighted by Crippen LogP contribution is 2.32. The third-order valence-electron chi connectivity index (χ3n) is 5.01. The van der Waals surface area contributed by atoms with E-state index in [2.05, 4.69) is 21.9 Å². The summed E-state index contributed by atoms with van der Waals surface area (Å²) in [7, 11) is 0. The van der Waals surface area contributed by atoms with Crippen molar-refractivity contribution in [2.24, 2.45) is 0 Å². The van der Waals surface area contributed by atoms with E-state index in [0.717, 1.165) is 22.9 Å². The second-order valence-corrected chi connectivity index (χ2v) is 7.11. The Morgan fingerprint density at radius 1 is 1.32 bits per heavy atom. The Kier molecular flexibility index (Phi) is 4.96. The van der Waals surface area contributed by atoms with Crippen molar-refractivity contribution in [1.82, 2.24) is 14.9 Å². The molecule has 1 aliphatic rings. The first-order valence-electron chi connectivity index (χ1n) is 8.94. The van der Waals surface area contributed by atoms with Gasteiger partial charge < -0.3 is 10.2 Å². The predicted molar refractivity (Wildman–Crippen MR) is 108 cm³/mol. The summed E-state index contributed by atoms with van der Waals surface area (Å²) >= 11 is 5.87. The first-order valence-corrected chi connectivity index (χ1v) is 9.31. The van der Waals surface area contributed by atoms with Gasteiger partial charge in [-0.05, 0) is 42.3 Å². The van der Waals surface area contributed by atoms with Crippen LogP contribution in [0.25, 0.3) is 10.9 Å². The number of halogens is 2. The largest absolute Gasteiger partial charge is 0.339 e. The maximum atomic E-state index is 14.3. The van der Waals surface area contributed by atoms with E-state index in [4.69, 9.17) is 11.6 Å². The lowest BCUT2D eigenvalue weighted by atomic mass is 9.97. The number of rotatable bonds is 4. The summed E-state index contributed by atoms with van der Waals surface area (Å²) < 4.78 is 14.3. The average Bonchev–Trinajstić information content (AvgIpc) is 3.21. The molecule has 3 aromatic rings. The number of carbonyl (C=O) groups is 1. The van der Waals surface area contributed by atoms with Gasteiger partial charge in [0.25, 0.3) is 0 Å². The lowest BCUT2D eigenvalue weighted by molar-refractivity contribution is -0.125. The summed E-state index contributed by atoms with van der Waals surface area (Å²) in [5, 5.41) is 3.85. The second kappa shape index (κ2) is 7.56. The summed E-state index contributed by atoms with van der Waals surface area (Å²) in [5.74, 6) is 0.154. The zero-order valence-corrected chi connectivity index (χ0v) is 15.8. The first kappa shape index (κ1) is 18.4. The molecule has 0 saturated carbocycles. The van der Waals surface area contributed by atoms with Crippen LogP contribution in [0.15, 0.2) is 55.4 Å². The van der Waals surface area contributed by atoms with Gasteiger partial charge in [-0.1, -0.05) is 30.3 Å². The smallest absolute Gasteiger partial charge is 0.245 e. The van der Waals surface area contributed by atoms with Crippen molar-refractivity contribution >= 4 is 39.9 Å². The summed E-state index contributed by atoms with van der Waals surface area (Å²) in [6, 6.07) is 10.7. The SMILES string of the molecule is C=CC(=O)N1CC[C@H](c2ccc3ncnc(Nc4cccc(Cl)c4F)c3c2)C1. The molecule has 1 aliphatic heterocycles. The normalized spacial score (nSPS) is 16.4. The Morgan fingerprint density at radius 3 is 3.00 bits per heavy atom. The van der Waals surface area contributed by atoms with Crippen LogP contribution >= 0.6 is 11.6 Å². The van der Waals surface area contributed by atoms with Gasteiger partial charge in [0.15, 0.2) is 5.82 Å². The monoisotopic (exact) mass is 396 g/mol. The molecule has 1 atom stereocenters. The third kappa shape index (κ3) is 3.43. The van der Waals surface area contributed by atoms with Gasteiger partial charge in [0.1, 0.15) is 12.1 Å². The van der Waals surface area contributed by atoms with E-state index in [9.17, 15) is 9.18 Å². The minimum Gasteiger partial charge on any atom is -0.339 e. The molecule has 0 radical (unpaired) electrons. The highest BCUT2D eigenvalue weighted by atomic mass is 35.5. The molecule has 4 rings (SSSR count). The van der Waals surface area contributed by atoms with E-state index >= 15 is 0 Å². The number of fused-ring (bicyclic) bond motifs is 1. The Balaban J connectivity index is 1.67. The van der Waals surface area contributed by atoms with Crippen LogP contribution in [0.3, 0.4) is 0 Å². The maximum Gasteiger partial charge on any atom is 0.245 e. The van der Waals surface area contributed by atoms with E-state index in [-0.39, 0.29) is 22.5 Å². The van der Waals surface area contributed by atoms with Gasteiger partial charge in [-0.25, -0.2) is 14.4 Å². The number of benzene rings is 2. The van der Waals surface area contributed by atoms with Crippen LogP contribution in [0.1, 0.15) is 17.9 Å². The summed E-state index contributed by atoms with van der Waals surface area (Å²) in [6.45, 7) is 4.91. The number of nitrogens with zero attached hydrogens (tertiary/aromatic N) is 3. The van der Waals surface area contributed by atoms with E-state index in [1.165, 1.54) is 18.5 Å². The van der Waals surface area contributed by atoms with Gasteiger partial charge in [-0.3, -0.25) is 4.79 Å². The Bertz CT molecular complexity index is 1070. The first-order chi connectivity index (χ1) is 13.6. The highest BCUT2D eigenvalue weighted by Gasteiger charge is 2.26. The fraction of sp³-hybridized carbons (Fsp3) is 0.190. The molecule has 28 heavy (non-hydrogen) atoms. The predicted octanol–water partition coefficient (Wildman–Crippen LogP) is 4.67. The van der Waals surface area contributed by atoms with Crippen LogP contribution in [0.2, 0.25) is 5.02 Å². The van der Waals surface area contributed by atoms with Crippen LogP contribution < -0.4 is 5.32 Å². The van der Waals surface area contributed by atoms with Crippen molar-refractivity contribution in [2.75, 3.05) is 18.4 Å². The Morgan fingerprint density at radius 2 is 2.18 bits per heavy atom. The molecule has 1 aromatic heterocycles. The molecule has 1 N–H and O–H groups in total. The molecule has 1 amide bonds. The molecule has 0 bridgehead atoms. The molecular weight excluding hydrogens is 379 g/mol. The van der Waals surface area contributed by atoms with Crippen molar-refractivity contribution in [3.63, 3.8) is 0 Å². The molecule has 0 unspecified atom stereocenters. The average molecular weight is 397 g/mol. The molecule has 7 heteroatoms. The summed E-state index contributed by atoms with van der Waals surface area (Å²) in [6.07, 6.45) is 3.66. The molecule has 5 nitrogen and oxygen atoms in total. The van der Waals surface area contributed by atoms with Gasteiger partial charge in [0, 0.05) is 24.4 Å². The van der Waals surface area contributed by atoms with Crippen molar-refractivity contribution in [3.05, 3.63) is 71.8 Å². The topological polar surface area (TPSA) is 58.1 Å². The number of likely N-dealkylation sites (tertiary alicyclic amines) is 1. The molecule has 2 heterocycles. The van der Waals surface area contributed by atoms with E-state index in [1.807, 2.05) is 18.2 Å². The van der Waals surface area contributed by atoms with E-state index < -0.39 is 5.82 Å². The molecule has 1 saturated heterocycles. The van der Waals surface area contributed by atoms with Gasteiger partial charge in [0.05, 0.1) is 16.2 Å². The number of carbonyl (C=O) groups excluding carboxylic acids is 1. The Hall–Kier alpha value is -2.99. The maximum absolute atomic E-state index is 14.3. The van der Waals surface area contributed by atoms with Crippen molar-refractivity contribution in [3.8, 4) is 0 Å². The van der Waals surface area contributed by atoms with Crippen molar-refractivity contribution < 1.29 is 9.18 Å². The number of hydrogen-bond donors (Lipinski definition) is 1. The highest BCUT2D eigenvalue weighted by molar-refractivity contribution is 6.31. The van der Waals surface area contributed by atoms with Crippen LogP contribution in [0.4, 0.5) is 15.9 Å². The lowest BCUT2D eigenvalue weighted by Crippen LogP contribution is -2.26. The number of anilines is 2. The van der Waals surface area contributed by atoms with Gasteiger partial charge in [-0.2, -0.15) is 0 Å². The van der Waals surface area contributed by atoms with Crippen LogP contribution in [0, 0.1) is 5.82 Å². The van der Waals surface area contributed by atoms with Gasteiger partial charge in [0.2, 0.25) is 5.91 Å². The molecule has 0 spiro atoms. The number of aromatic nitrogens is 2. The quantitative estimate of drug-likeness (QED) is 0.651. The third-order valence-corrected chi connectivity index (χ3v) is 5.30. The summed E-state index contributed by atoms with van der Waals surface area (Å²) in [4.78, 5) is 22.2. The molecule has 142 valence electrons. The lowest BCUT2D eigenvalue weighted by Gasteiger charge is -2.15. The molecule has 1 fully saturated rings. The number of hydrogen-bond acceptors (Lipinski definition) is 4. The van der Waals surface area contributed by atoms with Crippen LogP contribution in [0.5, 0.6) is 0 Å². The van der Waals surface area contributed by atoms with Gasteiger partial charge >= 0.3 is 0 Å². The fourth-order valence-corrected chi connectivity index (χ4v) is 3.69. The fourth-order valence-electron chi connectivity index (χ4n) is 3.52. The number of amides is 1.